The van der Waals surface area contributed by atoms with Crippen molar-refractivity contribution >= 4 is 6.09 Å². The van der Waals surface area contributed by atoms with Crippen molar-refractivity contribution in [2.45, 2.75) is 31.5 Å². The second-order valence-electron chi connectivity index (χ2n) is 6.50. The molecule has 2 aromatic carbocycles. The second kappa shape index (κ2) is 6.52. The van der Waals surface area contributed by atoms with Gasteiger partial charge in [-0.2, -0.15) is 0 Å². The van der Waals surface area contributed by atoms with Gasteiger partial charge in [-0.25, -0.2) is 4.79 Å². The lowest BCUT2D eigenvalue weighted by atomic mass is 9.77. The number of nitrogens with zero attached hydrogens (tertiary/aromatic N) is 1. The molecule has 2 bridgehead atoms. The van der Waals surface area contributed by atoms with E-state index in [2.05, 4.69) is 24.3 Å². The van der Waals surface area contributed by atoms with Gasteiger partial charge < -0.3 is 4.74 Å². The Morgan fingerprint density at radius 1 is 0.958 bits per heavy atom. The normalized spacial score (nSPS) is 24.8. The lowest BCUT2D eigenvalue weighted by molar-refractivity contribution is 0.0325. The van der Waals surface area contributed by atoms with Gasteiger partial charge in [0.1, 0.15) is 6.61 Å². The first-order valence-electron chi connectivity index (χ1n) is 8.55. The summed E-state index contributed by atoms with van der Waals surface area (Å²) in [6.45, 7) is 0.318. The molecule has 3 nitrogen and oxygen atoms in total. The maximum atomic E-state index is 12.8. The summed E-state index contributed by atoms with van der Waals surface area (Å²) in [4.78, 5) is 14.8. The molecule has 3 atom stereocenters. The van der Waals surface area contributed by atoms with Gasteiger partial charge in [-0.15, -0.1) is 0 Å². The third-order valence-electron chi connectivity index (χ3n) is 5.00. The molecule has 122 valence electrons. The van der Waals surface area contributed by atoms with Gasteiger partial charge in [0.2, 0.25) is 0 Å². The first-order valence-corrected chi connectivity index (χ1v) is 8.55. The number of ether oxygens (including phenoxy) is 1. The third kappa shape index (κ3) is 2.82. The van der Waals surface area contributed by atoms with E-state index >= 15 is 0 Å². The lowest BCUT2D eigenvalue weighted by Gasteiger charge is -2.47. The number of amides is 1. The molecular formula is C21H21NO2. The van der Waals surface area contributed by atoms with Crippen LogP contribution in [0.25, 0.3) is 0 Å². The molecule has 0 saturated carbocycles. The zero-order valence-corrected chi connectivity index (χ0v) is 13.5. The highest BCUT2D eigenvalue weighted by molar-refractivity contribution is 5.70. The molecule has 2 aliphatic heterocycles. The van der Waals surface area contributed by atoms with Crippen LogP contribution in [0.1, 0.15) is 30.0 Å². The quantitative estimate of drug-likeness (QED) is 0.766. The van der Waals surface area contributed by atoms with Gasteiger partial charge in [0.15, 0.2) is 0 Å². The van der Waals surface area contributed by atoms with Crippen molar-refractivity contribution in [2.24, 2.45) is 5.92 Å². The van der Waals surface area contributed by atoms with Crippen molar-refractivity contribution in [1.29, 1.82) is 0 Å². The summed E-state index contributed by atoms with van der Waals surface area (Å²) < 4.78 is 5.63. The Morgan fingerprint density at radius 3 is 2.33 bits per heavy atom. The fraction of sp³-hybridized carbons (Fsp3) is 0.286. The fourth-order valence-corrected chi connectivity index (χ4v) is 3.83. The number of piperidine rings is 1. The number of fused-ring (bicyclic) bond motifs is 2. The van der Waals surface area contributed by atoms with Gasteiger partial charge in [-0.3, -0.25) is 4.90 Å². The van der Waals surface area contributed by atoms with Gasteiger partial charge in [0, 0.05) is 5.92 Å². The largest absolute Gasteiger partial charge is 0.445 e. The summed E-state index contributed by atoms with van der Waals surface area (Å²) in [7, 11) is 0. The zero-order valence-electron chi connectivity index (χ0n) is 13.5. The molecule has 24 heavy (non-hydrogen) atoms. The van der Waals surface area contributed by atoms with Crippen molar-refractivity contribution in [2.75, 3.05) is 0 Å². The summed E-state index contributed by atoms with van der Waals surface area (Å²) in [6, 6.07) is 20.4. The molecule has 1 saturated heterocycles. The van der Waals surface area contributed by atoms with E-state index < -0.39 is 0 Å². The van der Waals surface area contributed by atoms with Crippen LogP contribution in [0, 0.1) is 5.92 Å². The molecule has 3 aliphatic rings. The highest BCUT2D eigenvalue weighted by Gasteiger charge is 2.42. The number of benzene rings is 2. The van der Waals surface area contributed by atoms with Gasteiger partial charge >= 0.3 is 6.09 Å². The van der Waals surface area contributed by atoms with Crippen LogP contribution in [0.5, 0.6) is 0 Å². The van der Waals surface area contributed by atoms with Gasteiger partial charge in [-0.1, -0.05) is 72.8 Å². The molecule has 2 aromatic rings. The average Bonchev–Trinajstić information content (AvgIpc) is 2.68. The maximum absolute atomic E-state index is 12.8. The van der Waals surface area contributed by atoms with Crippen molar-refractivity contribution in [3.8, 4) is 0 Å². The Kier molecular flexibility index (Phi) is 4.08. The Labute approximate surface area is 142 Å². The first-order chi connectivity index (χ1) is 11.8. The molecule has 2 heterocycles. The van der Waals surface area contributed by atoms with Crippen LogP contribution in [0.15, 0.2) is 72.8 Å². The molecule has 3 unspecified atom stereocenters. The summed E-state index contributed by atoms with van der Waals surface area (Å²) in [6.07, 6.45) is 6.37. The van der Waals surface area contributed by atoms with Crippen LogP contribution in [0.3, 0.4) is 0 Å². The molecule has 1 aliphatic carbocycles. The zero-order chi connectivity index (χ0) is 16.4. The molecule has 5 rings (SSSR count). The van der Waals surface area contributed by atoms with Crippen LogP contribution in [-0.2, 0) is 11.3 Å². The molecule has 0 spiro atoms. The number of rotatable bonds is 3. The van der Waals surface area contributed by atoms with Crippen LogP contribution in [0.4, 0.5) is 4.79 Å². The third-order valence-corrected chi connectivity index (χ3v) is 5.00. The van der Waals surface area contributed by atoms with Gasteiger partial charge in [-0.05, 0) is 24.0 Å². The standard InChI is InChI=1S/C21H21NO2/c23-21(24-15-16-7-3-1-4-8-16)22-19-13-11-18(12-14-19)20(22)17-9-5-2-6-10-17/h1-11,13,18-20H,12,14-15H2. The second-order valence-corrected chi connectivity index (χ2v) is 6.50. The maximum Gasteiger partial charge on any atom is 0.411 e. The van der Waals surface area contributed by atoms with Crippen LogP contribution in [-0.4, -0.2) is 17.0 Å². The van der Waals surface area contributed by atoms with Crippen molar-refractivity contribution in [3.63, 3.8) is 0 Å². The Bertz CT molecular complexity index is 726. The number of carbonyl (C=O) groups is 1. The number of hydrogen-bond donors (Lipinski definition) is 0. The summed E-state index contributed by atoms with van der Waals surface area (Å²) in [5.74, 6) is 0.377. The Morgan fingerprint density at radius 2 is 1.67 bits per heavy atom. The summed E-state index contributed by atoms with van der Waals surface area (Å²) in [5, 5.41) is 0. The fourth-order valence-electron chi connectivity index (χ4n) is 3.83. The molecule has 0 aromatic heterocycles. The smallest absolute Gasteiger partial charge is 0.411 e. The topological polar surface area (TPSA) is 29.5 Å². The molecule has 0 radical (unpaired) electrons. The molecule has 3 heteroatoms. The van der Waals surface area contributed by atoms with Gasteiger partial charge in [0.25, 0.3) is 0 Å². The monoisotopic (exact) mass is 319 g/mol. The minimum Gasteiger partial charge on any atom is -0.445 e. The minimum atomic E-state index is -0.216. The number of hydrogen-bond acceptors (Lipinski definition) is 2. The predicted molar refractivity (Wildman–Crippen MR) is 93.3 cm³/mol. The van der Waals surface area contributed by atoms with E-state index in [1.165, 1.54) is 5.56 Å². The van der Waals surface area contributed by atoms with E-state index in [1.807, 2.05) is 53.4 Å². The highest BCUT2D eigenvalue weighted by Crippen LogP contribution is 2.44. The predicted octanol–water partition coefficient (Wildman–Crippen LogP) is 4.71. The summed E-state index contributed by atoms with van der Waals surface area (Å²) >= 11 is 0. The Hall–Kier alpha value is -2.55. The van der Waals surface area contributed by atoms with E-state index in [0.717, 1.165) is 18.4 Å². The van der Waals surface area contributed by atoms with Crippen LogP contribution >= 0.6 is 0 Å². The van der Waals surface area contributed by atoms with Crippen molar-refractivity contribution < 1.29 is 9.53 Å². The minimum absolute atomic E-state index is 0.0817. The molecule has 1 fully saturated rings. The SMILES string of the molecule is O=C(OCc1ccccc1)N1C2C=CC(CC2)C1c1ccccc1. The van der Waals surface area contributed by atoms with E-state index in [-0.39, 0.29) is 18.2 Å². The Balaban J connectivity index is 1.55. The highest BCUT2D eigenvalue weighted by atomic mass is 16.6. The molecule has 0 N–H and O–H groups in total. The van der Waals surface area contributed by atoms with Gasteiger partial charge in [0.05, 0.1) is 12.1 Å². The van der Waals surface area contributed by atoms with E-state index in [9.17, 15) is 4.79 Å². The van der Waals surface area contributed by atoms with Crippen molar-refractivity contribution in [3.05, 3.63) is 83.9 Å². The summed E-state index contributed by atoms with van der Waals surface area (Å²) in [5.41, 5.74) is 2.20. The van der Waals surface area contributed by atoms with E-state index in [0.29, 0.717) is 12.5 Å². The van der Waals surface area contributed by atoms with Crippen LogP contribution < -0.4 is 0 Å². The molecule has 1 amide bonds. The first kappa shape index (κ1) is 15.0. The number of carbonyl (C=O) groups excluding carboxylic acids is 1. The van der Waals surface area contributed by atoms with Crippen LogP contribution in [0.2, 0.25) is 0 Å². The lowest BCUT2D eigenvalue weighted by Crippen LogP contribution is -2.50. The van der Waals surface area contributed by atoms with E-state index in [4.69, 9.17) is 4.74 Å². The molecular weight excluding hydrogens is 298 g/mol. The van der Waals surface area contributed by atoms with Crippen molar-refractivity contribution in [1.82, 2.24) is 4.90 Å². The van der Waals surface area contributed by atoms with E-state index in [1.54, 1.807) is 0 Å². The average molecular weight is 319 g/mol.